The normalized spacial score (nSPS) is 17.5. The molecule has 0 unspecified atom stereocenters. The van der Waals surface area contributed by atoms with Crippen LogP contribution in [-0.2, 0) is 6.42 Å². The summed E-state index contributed by atoms with van der Waals surface area (Å²) in [4.78, 5) is 4.45. The molecule has 1 saturated heterocycles. The molecule has 0 aromatic heterocycles. The van der Waals surface area contributed by atoms with E-state index in [-0.39, 0.29) is 5.82 Å². The Kier molecular flexibility index (Phi) is 4.23. The summed E-state index contributed by atoms with van der Waals surface area (Å²) >= 11 is 0. The van der Waals surface area contributed by atoms with Gasteiger partial charge in [0.15, 0.2) is 0 Å². The smallest absolute Gasteiger partial charge is 0.146 e. The third kappa shape index (κ3) is 2.83. The number of piperidine rings is 1. The van der Waals surface area contributed by atoms with Gasteiger partial charge in [0.25, 0.3) is 0 Å². The molecule has 2 rings (SSSR count). The third-order valence-corrected chi connectivity index (χ3v) is 3.96. The number of aryl methyl sites for hydroxylation is 1. The van der Waals surface area contributed by atoms with Crippen LogP contribution in [0.15, 0.2) is 18.2 Å². The lowest BCUT2D eigenvalue weighted by molar-refractivity contribution is 0.249. The minimum atomic E-state index is -0.0716. The van der Waals surface area contributed by atoms with Gasteiger partial charge in [0.1, 0.15) is 5.82 Å². The first-order valence-corrected chi connectivity index (χ1v) is 6.81. The molecule has 1 heterocycles. The van der Waals surface area contributed by atoms with Crippen molar-refractivity contribution in [3.05, 3.63) is 29.6 Å². The number of halogens is 1. The lowest BCUT2D eigenvalue weighted by Crippen LogP contribution is -2.42. The van der Waals surface area contributed by atoms with Crippen molar-refractivity contribution in [2.45, 2.75) is 32.2 Å². The van der Waals surface area contributed by atoms with Gasteiger partial charge in [-0.3, -0.25) is 0 Å². The highest BCUT2D eigenvalue weighted by atomic mass is 19.1. The Morgan fingerprint density at radius 3 is 2.44 bits per heavy atom. The zero-order valence-corrected chi connectivity index (χ0v) is 11.6. The third-order valence-electron chi connectivity index (χ3n) is 3.96. The molecule has 0 amide bonds. The molecule has 18 heavy (non-hydrogen) atoms. The number of nitrogens with zero attached hydrogens (tertiary/aromatic N) is 2. The second-order valence-corrected chi connectivity index (χ2v) is 5.32. The van der Waals surface area contributed by atoms with Gasteiger partial charge in [-0.1, -0.05) is 13.0 Å². The van der Waals surface area contributed by atoms with Crippen LogP contribution in [0.2, 0.25) is 0 Å². The largest absolute Gasteiger partial charge is 0.369 e. The standard InChI is InChI=1S/C15H23FN2/c1-4-12-5-6-15(14(16)11-12)18-9-7-13(8-10-18)17(2)3/h5-6,11,13H,4,7-10H2,1-3H3. The molecule has 0 saturated carbocycles. The van der Waals surface area contributed by atoms with Crippen LogP contribution < -0.4 is 4.90 Å². The summed E-state index contributed by atoms with van der Waals surface area (Å²) in [6.07, 6.45) is 3.11. The van der Waals surface area contributed by atoms with Crippen LogP contribution in [0, 0.1) is 5.82 Å². The van der Waals surface area contributed by atoms with Crippen molar-refractivity contribution < 1.29 is 4.39 Å². The molecule has 1 aromatic carbocycles. The van der Waals surface area contributed by atoms with Gasteiger partial charge in [0.2, 0.25) is 0 Å². The first kappa shape index (κ1) is 13.3. The highest BCUT2D eigenvalue weighted by Gasteiger charge is 2.22. The molecular formula is C15H23FN2. The van der Waals surface area contributed by atoms with Crippen LogP contribution in [0.1, 0.15) is 25.3 Å². The highest BCUT2D eigenvalue weighted by Crippen LogP contribution is 2.25. The molecule has 0 aliphatic carbocycles. The molecule has 2 nitrogen and oxygen atoms in total. The van der Waals surface area contributed by atoms with Crippen molar-refractivity contribution in [1.82, 2.24) is 4.90 Å². The lowest BCUT2D eigenvalue weighted by Gasteiger charge is -2.36. The van der Waals surface area contributed by atoms with Crippen molar-refractivity contribution in [2.24, 2.45) is 0 Å². The summed E-state index contributed by atoms with van der Waals surface area (Å²) in [5.74, 6) is -0.0716. The molecule has 100 valence electrons. The molecular weight excluding hydrogens is 227 g/mol. The van der Waals surface area contributed by atoms with E-state index in [1.807, 2.05) is 12.1 Å². The zero-order valence-electron chi connectivity index (χ0n) is 11.6. The van der Waals surface area contributed by atoms with Crippen molar-refractivity contribution in [3.8, 4) is 0 Å². The molecule has 1 fully saturated rings. The molecule has 0 atom stereocenters. The van der Waals surface area contributed by atoms with E-state index < -0.39 is 0 Å². The van der Waals surface area contributed by atoms with E-state index in [1.54, 1.807) is 6.07 Å². The van der Waals surface area contributed by atoms with Gasteiger partial charge < -0.3 is 9.80 Å². The molecule has 0 bridgehead atoms. The van der Waals surface area contributed by atoms with Crippen molar-refractivity contribution in [1.29, 1.82) is 0 Å². The van der Waals surface area contributed by atoms with Crippen molar-refractivity contribution >= 4 is 5.69 Å². The van der Waals surface area contributed by atoms with Crippen LogP contribution >= 0.6 is 0 Å². The second kappa shape index (κ2) is 5.70. The summed E-state index contributed by atoms with van der Waals surface area (Å²) in [7, 11) is 4.24. The maximum atomic E-state index is 14.0. The van der Waals surface area contributed by atoms with Crippen LogP contribution in [-0.4, -0.2) is 38.1 Å². The molecule has 0 spiro atoms. The Morgan fingerprint density at radius 1 is 1.28 bits per heavy atom. The predicted molar refractivity (Wildman–Crippen MR) is 74.7 cm³/mol. The van der Waals surface area contributed by atoms with Crippen LogP contribution in [0.4, 0.5) is 10.1 Å². The van der Waals surface area contributed by atoms with E-state index in [0.717, 1.165) is 43.6 Å². The average molecular weight is 250 g/mol. The van der Waals surface area contributed by atoms with E-state index in [0.29, 0.717) is 6.04 Å². The van der Waals surface area contributed by atoms with E-state index >= 15 is 0 Å². The second-order valence-electron chi connectivity index (χ2n) is 5.32. The summed E-state index contributed by atoms with van der Waals surface area (Å²) in [5, 5.41) is 0. The van der Waals surface area contributed by atoms with E-state index in [4.69, 9.17) is 0 Å². The summed E-state index contributed by atoms with van der Waals surface area (Å²) in [6.45, 7) is 3.95. The fraction of sp³-hybridized carbons (Fsp3) is 0.600. The van der Waals surface area contributed by atoms with Crippen molar-refractivity contribution in [3.63, 3.8) is 0 Å². The summed E-state index contributed by atoms with van der Waals surface area (Å²) in [5.41, 5.74) is 1.84. The molecule has 1 aliphatic rings. The lowest BCUT2D eigenvalue weighted by atomic mass is 10.0. The average Bonchev–Trinajstić information content (AvgIpc) is 2.38. The summed E-state index contributed by atoms with van der Waals surface area (Å²) in [6, 6.07) is 6.28. The number of hydrogen-bond donors (Lipinski definition) is 0. The highest BCUT2D eigenvalue weighted by molar-refractivity contribution is 5.49. The number of anilines is 1. The zero-order chi connectivity index (χ0) is 13.1. The molecule has 3 heteroatoms. The molecule has 1 aromatic rings. The molecule has 0 N–H and O–H groups in total. The van der Waals surface area contributed by atoms with Crippen LogP contribution in [0.25, 0.3) is 0 Å². The maximum absolute atomic E-state index is 14.0. The topological polar surface area (TPSA) is 6.48 Å². The fourth-order valence-corrected chi connectivity index (χ4v) is 2.65. The van der Waals surface area contributed by atoms with Gasteiger partial charge in [-0.25, -0.2) is 4.39 Å². The van der Waals surface area contributed by atoms with Gasteiger partial charge in [0.05, 0.1) is 5.69 Å². The van der Waals surface area contributed by atoms with E-state index in [9.17, 15) is 4.39 Å². The number of benzene rings is 1. The number of hydrogen-bond acceptors (Lipinski definition) is 2. The van der Waals surface area contributed by atoms with Crippen molar-refractivity contribution in [2.75, 3.05) is 32.1 Å². The predicted octanol–water partition coefficient (Wildman–Crippen LogP) is 2.92. The minimum absolute atomic E-state index is 0.0716. The maximum Gasteiger partial charge on any atom is 0.146 e. The van der Waals surface area contributed by atoms with E-state index in [2.05, 4.69) is 30.8 Å². The van der Waals surface area contributed by atoms with Gasteiger partial charge in [-0.2, -0.15) is 0 Å². The van der Waals surface area contributed by atoms with Gasteiger partial charge in [0, 0.05) is 19.1 Å². The minimum Gasteiger partial charge on any atom is -0.369 e. The fourth-order valence-electron chi connectivity index (χ4n) is 2.65. The van der Waals surface area contributed by atoms with E-state index in [1.165, 1.54) is 0 Å². The Labute approximate surface area is 109 Å². The quantitative estimate of drug-likeness (QED) is 0.814. The monoisotopic (exact) mass is 250 g/mol. The molecule has 0 radical (unpaired) electrons. The van der Waals surface area contributed by atoms with Gasteiger partial charge in [-0.15, -0.1) is 0 Å². The Morgan fingerprint density at radius 2 is 1.94 bits per heavy atom. The SMILES string of the molecule is CCc1ccc(N2CCC(N(C)C)CC2)c(F)c1. The van der Waals surface area contributed by atoms with Crippen LogP contribution in [0.3, 0.4) is 0 Å². The van der Waals surface area contributed by atoms with Crippen LogP contribution in [0.5, 0.6) is 0 Å². The number of rotatable bonds is 3. The molecule has 1 aliphatic heterocycles. The first-order chi connectivity index (χ1) is 8.61. The van der Waals surface area contributed by atoms with Gasteiger partial charge in [-0.05, 0) is 51.1 Å². The Bertz CT molecular complexity index is 395. The summed E-state index contributed by atoms with van der Waals surface area (Å²) < 4.78 is 14.0. The van der Waals surface area contributed by atoms with Gasteiger partial charge >= 0.3 is 0 Å². The Balaban J connectivity index is 2.05. The first-order valence-electron chi connectivity index (χ1n) is 6.81. The Hall–Kier alpha value is -1.09.